The number of fused-ring (bicyclic) bond motifs is 1. The molecule has 1 aliphatic rings. The van der Waals surface area contributed by atoms with E-state index in [1.54, 1.807) is 12.1 Å². The van der Waals surface area contributed by atoms with Crippen LogP contribution in [-0.4, -0.2) is 7.05 Å². The molecule has 21 heavy (non-hydrogen) atoms. The van der Waals surface area contributed by atoms with Crippen molar-refractivity contribution in [2.24, 2.45) is 0 Å². The molecule has 3 rings (SSSR count). The van der Waals surface area contributed by atoms with E-state index in [0.29, 0.717) is 5.92 Å². The van der Waals surface area contributed by atoms with E-state index in [2.05, 4.69) is 17.4 Å². The van der Waals surface area contributed by atoms with Crippen molar-refractivity contribution < 1.29 is 13.2 Å². The normalized spacial score (nSPS) is 18.8. The van der Waals surface area contributed by atoms with Gasteiger partial charge in [-0.2, -0.15) is 13.2 Å². The first kappa shape index (κ1) is 14.1. The molecule has 0 aromatic heterocycles. The minimum atomic E-state index is -4.28. The Bertz CT molecular complexity index is 631. The highest BCUT2D eigenvalue weighted by Gasteiger charge is 2.34. The molecule has 110 valence electrons. The summed E-state index contributed by atoms with van der Waals surface area (Å²) in [5.41, 5.74) is 2.91. The lowest BCUT2D eigenvalue weighted by Gasteiger charge is -2.36. The lowest BCUT2D eigenvalue weighted by atomic mass is 9.72. The quantitative estimate of drug-likeness (QED) is 0.888. The van der Waals surface area contributed by atoms with Gasteiger partial charge < -0.3 is 5.32 Å². The molecule has 0 bridgehead atoms. The smallest absolute Gasteiger partial charge is 0.312 e. The van der Waals surface area contributed by atoms with E-state index < -0.39 is 11.7 Å². The zero-order valence-corrected chi connectivity index (χ0v) is 11.6. The molecule has 1 nitrogen and oxygen atoms in total. The Morgan fingerprint density at radius 2 is 1.71 bits per heavy atom. The Hall–Kier alpha value is -1.81. The van der Waals surface area contributed by atoms with E-state index in [-0.39, 0.29) is 6.04 Å². The maximum Gasteiger partial charge on any atom is 0.416 e. The third-order valence-electron chi connectivity index (χ3n) is 4.20. The Labute approximate surface area is 121 Å². The largest absolute Gasteiger partial charge is 0.416 e. The standard InChI is InChI=1S/C17H16F3N/c1-21-16(15-10-12-4-2-3-5-14(12)15)11-6-8-13(9-7-11)17(18,19)20/h2-9,15-16,21H,10H2,1H3. The molecule has 0 aliphatic heterocycles. The second-order valence-electron chi connectivity index (χ2n) is 5.40. The molecule has 0 amide bonds. The van der Waals surface area contributed by atoms with Crippen molar-refractivity contribution in [3.05, 3.63) is 70.8 Å². The Morgan fingerprint density at radius 1 is 1.05 bits per heavy atom. The molecule has 0 saturated heterocycles. The summed E-state index contributed by atoms with van der Waals surface area (Å²) in [5.74, 6) is 0.322. The molecule has 1 N–H and O–H groups in total. The van der Waals surface area contributed by atoms with Gasteiger partial charge in [0.15, 0.2) is 0 Å². The van der Waals surface area contributed by atoms with Crippen LogP contribution in [0.4, 0.5) is 13.2 Å². The maximum absolute atomic E-state index is 12.6. The number of hydrogen-bond donors (Lipinski definition) is 1. The van der Waals surface area contributed by atoms with Crippen LogP contribution in [0.5, 0.6) is 0 Å². The van der Waals surface area contributed by atoms with Gasteiger partial charge in [0.05, 0.1) is 5.56 Å². The summed E-state index contributed by atoms with van der Waals surface area (Å²) in [6.07, 6.45) is -3.32. The van der Waals surface area contributed by atoms with Gasteiger partial charge in [-0.25, -0.2) is 0 Å². The summed E-state index contributed by atoms with van der Waals surface area (Å²) in [7, 11) is 1.85. The molecular weight excluding hydrogens is 275 g/mol. The Kier molecular flexibility index (Phi) is 3.49. The van der Waals surface area contributed by atoms with Gasteiger partial charge in [-0.05, 0) is 42.3 Å². The fourth-order valence-corrected chi connectivity index (χ4v) is 3.07. The van der Waals surface area contributed by atoms with E-state index in [1.807, 2.05) is 19.2 Å². The molecular formula is C17H16F3N. The van der Waals surface area contributed by atoms with Crippen LogP contribution >= 0.6 is 0 Å². The highest BCUT2D eigenvalue weighted by molar-refractivity contribution is 5.43. The number of alkyl halides is 3. The molecule has 4 heteroatoms. The number of benzene rings is 2. The van der Waals surface area contributed by atoms with Crippen LogP contribution in [0.1, 0.15) is 34.2 Å². The summed E-state index contributed by atoms with van der Waals surface area (Å²) >= 11 is 0. The van der Waals surface area contributed by atoms with Gasteiger partial charge in [0.2, 0.25) is 0 Å². The van der Waals surface area contributed by atoms with Gasteiger partial charge in [-0.3, -0.25) is 0 Å². The van der Waals surface area contributed by atoms with Crippen molar-refractivity contribution in [3.8, 4) is 0 Å². The molecule has 2 aromatic carbocycles. The van der Waals surface area contributed by atoms with Gasteiger partial charge in [-0.15, -0.1) is 0 Å². The maximum atomic E-state index is 12.6. The fourth-order valence-electron chi connectivity index (χ4n) is 3.07. The number of halogens is 3. The van der Waals surface area contributed by atoms with Crippen LogP contribution < -0.4 is 5.32 Å². The second-order valence-corrected chi connectivity index (χ2v) is 5.40. The van der Waals surface area contributed by atoms with Crippen LogP contribution in [0.25, 0.3) is 0 Å². The zero-order chi connectivity index (χ0) is 15.0. The minimum absolute atomic E-state index is 0.0437. The van der Waals surface area contributed by atoms with E-state index >= 15 is 0 Å². The summed E-state index contributed by atoms with van der Waals surface area (Å²) < 4.78 is 37.9. The van der Waals surface area contributed by atoms with Crippen LogP contribution in [0.2, 0.25) is 0 Å². The van der Waals surface area contributed by atoms with Gasteiger partial charge in [0, 0.05) is 12.0 Å². The van der Waals surface area contributed by atoms with Crippen molar-refractivity contribution in [1.29, 1.82) is 0 Å². The van der Waals surface area contributed by atoms with Gasteiger partial charge in [0.25, 0.3) is 0 Å². The van der Waals surface area contributed by atoms with Gasteiger partial charge in [-0.1, -0.05) is 36.4 Å². The molecule has 0 heterocycles. The second kappa shape index (κ2) is 5.19. The number of nitrogens with one attached hydrogen (secondary N) is 1. The van der Waals surface area contributed by atoms with Crippen molar-refractivity contribution in [1.82, 2.24) is 5.32 Å². The molecule has 0 radical (unpaired) electrons. The molecule has 2 aromatic rings. The molecule has 0 saturated carbocycles. The monoisotopic (exact) mass is 291 g/mol. The summed E-state index contributed by atoms with van der Waals surface area (Å²) in [4.78, 5) is 0. The number of rotatable bonds is 3. The van der Waals surface area contributed by atoms with Crippen LogP contribution in [0.3, 0.4) is 0 Å². The van der Waals surface area contributed by atoms with Crippen molar-refractivity contribution in [3.63, 3.8) is 0 Å². The lowest BCUT2D eigenvalue weighted by molar-refractivity contribution is -0.137. The molecule has 0 fully saturated rings. The lowest BCUT2D eigenvalue weighted by Crippen LogP contribution is -2.31. The van der Waals surface area contributed by atoms with Crippen molar-refractivity contribution in [2.45, 2.75) is 24.6 Å². The van der Waals surface area contributed by atoms with Crippen LogP contribution in [0, 0.1) is 0 Å². The molecule has 2 unspecified atom stereocenters. The number of hydrogen-bond acceptors (Lipinski definition) is 1. The predicted molar refractivity (Wildman–Crippen MR) is 76.1 cm³/mol. The topological polar surface area (TPSA) is 12.0 Å². The van der Waals surface area contributed by atoms with E-state index in [4.69, 9.17) is 0 Å². The molecule has 1 aliphatic carbocycles. The average molecular weight is 291 g/mol. The van der Waals surface area contributed by atoms with E-state index in [9.17, 15) is 13.2 Å². The van der Waals surface area contributed by atoms with Gasteiger partial charge >= 0.3 is 6.18 Å². The molecule has 2 atom stereocenters. The van der Waals surface area contributed by atoms with Gasteiger partial charge in [0.1, 0.15) is 0 Å². The third-order valence-corrected chi connectivity index (χ3v) is 4.20. The molecule has 0 spiro atoms. The summed E-state index contributed by atoms with van der Waals surface area (Å²) in [6.45, 7) is 0. The van der Waals surface area contributed by atoms with Crippen LogP contribution in [-0.2, 0) is 12.6 Å². The fraction of sp³-hybridized carbons (Fsp3) is 0.294. The average Bonchev–Trinajstić information content (AvgIpc) is 2.44. The summed E-state index contributed by atoms with van der Waals surface area (Å²) in [5, 5.41) is 3.24. The van der Waals surface area contributed by atoms with Crippen molar-refractivity contribution in [2.75, 3.05) is 7.05 Å². The minimum Gasteiger partial charge on any atom is -0.312 e. The highest BCUT2D eigenvalue weighted by atomic mass is 19.4. The first-order valence-electron chi connectivity index (χ1n) is 6.93. The Balaban J connectivity index is 1.85. The SMILES string of the molecule is CNC(c1ccc(C(F)(F)F)cc1)C1Cc2ccccc21. The van der Waals surface area contributed by atoms with E-state index in [0.717, 1.165) is 24.1 Å². The highest BCUT2D eigenvalue weighted by Crippen LogP contribution is 2.43. The predicted octanol–water partition coefficient (Wildman–Crippen LogP) is 4.31. The first-order chi connectivity index (χ1) is 10.0. The third kappa shape index (κ3) is 2.56. The zero-order valence-electron chi connectivity index (χ0n) is 11.6. The Morgan fingerprint density at radius 3 is 2.29 bits per heavy atom. The summed E-state index contributed by atoms with van der Waals surface area (Å²) in [6, 6.07) is 13.7. The van der Waals surface area contributed by atoms with Crippen molar-refractivity contribution >= 4 is 0 Å². The van der Waals surface area contributed by atoms with Crippen LogP contribution in [0.15, 0.2) is 48.5 Å². The van der Waals surface area contributed by atoms with E-state index in [1.165, 1.54) is 11.1 Å². The first-order valence-corrected chi connectivity index (χ1v) is 6.93. The number of likely N-dealkylation sites (N-methyl/N-ethyl adjacent to an activating group) is 1.